The van der Waals surface area contributed by atoms with E-state index in [1.165, 1.54) is 16.2 Å². The summed E-state index contributed by atoms with van der Waals surface area (Å²) in [6, 6.07) is -0.316. The number of aromatic nitrogens is 1. The van der Waals surface area contributed by atoms with Crippen LogP contribution >= 0.6 is 22.9 Å². The summed E-state index contributed by atoms with van der Waals surface area (Å²) in [5.74, 6) is 0.224. The summed E-state index contributed by atoms with van der Waals surface area (Å²) in [7, 11) is 0. The van der Waals surface area contributed by atoms with E-state index in [0.29, 0.717) is 25.3 Å². The molecule has 7 heteroatoms. The van der Waals surface area contributed by atoms with Crippen molar-refractivity contribution >= 4 is 34.9 Å². The van der Waals surface area contributed by atoms with E-state index in [1.54, 1.807) is 6.92 Å². The van der Waals surface area contributed by atoms with Crippen LogP contribution in [0.1, 0.15) is 31.0 Å². The molecule has 0 aromatic carbocycles. The van der Waals surface area contributed by atoms with Gasteiger partial charge in [0.1, 0.15) is 5.54 Å². The molecule has 1 atom stereocenters. The Morgan fingerprint density at radius 3 is 2.79 bits per heavy atom. The van der Waals surface area contributed by atoms with Crippen molar-refractivity contribution in [2.45, 2.75) is 38.1 Å². The molecule has 1 aliphatic rings. The van der Waals surface area contributed by atoms with Crippen LogP contribution in [0.2, 0.25) is 0 Å². The van der Waals surface area contributed by atoms with Gasteiger partial charge in [0.05, 0.1) is 16.6 Å². The standard InChI is InChI=1S/C12H16ClN3O2S/c1-3-12(2)10(17)16(11(18)15-12)5-4-9-14-8(6-13)7-19-9/h7H,3-6H2,1-2H3,(H,15,18). The summed E-state index contributed by atoms with van der Waals surface area (Å²) in [6.45, 7) is 3.99. The molecule has 1 unspecified atom stereocenters. The number of hydrogen-bond donors (Lipinski definition) is 1. The number of rotatable bonds is 5. The summed E-state index contributed by atoms with van der Waals surface area (Å²) in [5.41, 5.74) is 0.0682. The average molecular weight is 302 g/mol. The third-order valence-electron chi connectivity index (χ3n) is 3.34. The van der Waals surface area contributed by atoms with E-state index < -0.39 is 5.54 Å². The van der Waals surface area contributed by atoms with Crippen molar-refractivity contribution in [2.75, 3.05) is 6.54 Å². The number of urea groups is 1. The van der Waals surface area contributed by atoms with Crippen LogP contribution < -0.4 is 5.32 Å². The summed E-state index contributed by atoms with van der Waals surface area (Å²) in [5, 5.41) is 5.52. The van der Waals surface area contributed by atoms with Crippen LogP contribution in [-0.2, 0) is 17.1 Å². The second kappa shape index (κ2) is 5.46. The van der Waals surface area contributed by atoms with Gasteiger partial charge in [-0.25, -0.2) is 9.78 Å². The summed E-state index contributed by atoms with van der Waals surface area (Å²) < 4.78 is 0. The highest BCUT2D eigenvalue weighted by Crippen LogP contribution is 2.21. The van der Waals surface area contributed by atoms with Gasteiger partial charge in [-0.2, -0.15) is 0 Å². The molecule has 19 heavy (non-hydrogen) atoms. The molecule has 5 nitrogen and oxygen atoms in total. The molecular weight excluding hydrogens is 286 g/mol. The molecule has 1 N–H and O–H groups in total. The predicted octanol–water partition coefficient (Wildman–Crippen LogP) is 2.14. The number of thiazole rings is 1. The number of carbonyl (C=O) groups excluding carboxylic acids is 2. The first-order valence-corrected chi connectivity index (χ1v) is 7.55. The van der Waals surface area contributed by atoms with Gasteiger partial charge in [-0.1, -0.05) is 6.92 Å². The van der Waals surface area contributed by atoms with Crippen LogP contribution in [-0.4, -0.2) is 33.9 Å². The van der Waals surface area contributed by atoms with Gasteiger partial charge in [-0.05, 0) is 13.3 Å². The molecule has 0 bridgehead atoms. The SMILES string of the molecule is CCC1(C)NC(=O)N(CCc2nc(CCl)cs2)C1=O. The van der Waals surface area contributed by atoms with E-state index in [-0.39, 0.29) is 11.9 Å². The predicted molar refractivity (Wildman–Crippen MR) is 74.3 cm³/mol. The highest BCUT2D eigenvalue weighted by Gasteiger charge is 2.46. The van der Waals surface area contributed by atoms with Crippen molar-refractivity contribution in [1.82, 2.24) is 15.2 Å². The van der Waals surface area contributed by atoms with Gasteiger partial charge < -0.3 is 5.32 Å². The number of nitrogens with one attached hydrogen (secondary N) is 1. The van der Waals surface area contributed by atoms with Crippen molar-refractivity contribution in [2.24, 2.45) is 0 Å². The number of nitrogens with zero attached hydrogens (tertiary/aromatic N) is 2. The van der Waals surface area contributed by atoms with Gasteiger partial charge >= 0.3 is 6.03 Å². The molecule has 104 valence electrons. The summed E-state index contributed by atoms with van der Waals surface area (Å²) in [6.07, 6.45) is 1.15. The number of hydrogen-bond acceptors (Lipinski definition) is 4. The third kappa shape index (κ3) is 2.74. The first kappa shape index (κ1) is 14.3. The summed E-state index contributed by atoms with van der Waals surface area (Å²) >= 11 is 7.19. The van der Waals surface area contributed by atoms with E-state index >= 15 is 0 Å². The average Bonchev–Trinajstić information content (AvgIpc) is 2.93. The molecule has 0 radical (unpaired) electrons. The molecule has 1 fully saturated rings. The van der Waals surface area contributed by atoms with Crippen molar-refractivity contribution in [3.63, 3.8) is 0 Å². The summed E-state index contributed by atoms with van der Waals surface area (Å²) in [4.78, 5) is 29.5. The van der Waals surface area contributed by atoms with E-state index in [0.717, 1.165) is 10.7 Å². The Kier molecular flexibility index (Phi) is 4.10. The maximum atomic E-state index is 12.2. The second-order valence-corrected chi connectivity index (χ2v) is 5.90. The highest BCUT2D eigenvalue weighted by atomic mass is 35.5. The maximum absolute atomic E-state index is 12.2. The molecular formula is C12H16ClN3O2S. The van der Waals surface area contributed by atoms with E-state index in [1.807, 2.05) is 12.3 Å². The number of amides is 3. The zero-order valence-corrected chi connectivity index (χ0v) is 12.5. The number of imide groups is 1. The monoisotopic (exact) mass is 301 g/mol. The van der Waals surface area contributed by atoms with Gasteiger partial charge in [0.2, 0.25) is 0 Å². The molecule has 0 saturated carbocycles. The molecule has 1 aliphatic heterocycles. The van der Waals surface area contributed by atoms with Crippen LogP contribution in [0.25, 0.3) is 0 Å². The second-order valence-electron chi connectivity index (χ2n) is 4.69. The smallest absolute Gasteiger partial charge is 0.323 e. The van der Waals surface area contributed by atoms with Crippen molar-refractivity contribution in [3.8, 4) is 0 Å². The zero-order valence-electron chi connectivity index (χ0n) is 10.9. The Morgan fingerprint density at radius 1 is 1.53 bits per heavy atom. The van der Waals surface area contributed by atoms with Gasteiger partial charge in [0.15, 0.2) is 0 Å². The topological polar surface area (TPSA) is 62.3 Å². The molecule has 1 saturated heterocycles. The minimum Gasteiger partial charge on any atom is -0.323 e. The molecule has 0 spiro atoms. The fraction of sp³-hybridized carbons (Fsp3) is 0.583. The molecule has 3 amide bonds. The maximum Gasteiger partial charge on any atom is 0.325 e. The van der Waals surface area contributed by atoms with Crippen LogP contribution in [0.5, 0.6) is 0 Å². The number of halogens is 1. The van der Waals surface area contributed by atoms with E-state index in [4.69, 9.17) is 11.6 Å². The third-order valence-corrected chi connectivity index (χ3v) is 4.57. The minimum absolute atomic E-state index is 0.158. The normalized spacial score (nSPS) is 23.0. The van der Waals surface area contributed by atoms with Crippen molar-refractivity contribution < 1.29 is 9.59 Å². The number of alkyl halides is 1. The molecule has 2 rings (SSSR count). The largest absolute Gasteiger partial charge is 0.325 e. The Bertz CT molecular complexity index is 505. The molecule has 0 aliphatic carbocycles. The highest BCUT2D eigenvalue weighted by molar-refractivity contribution is 7.09. The van der Waals surface area contributed by atoms with Gasteiger partial charge in [-0.3, -0.25) is 9.69 Å². The van der Waals surface area contributed by atoms with Crippen LogP contribution in [0.15, 0.2) is 5.38 Å². The van der Waals surface area contributed by atoms with Gasteiger partial charge in [0.25, 0.3) is 5.91 Å². The lowest BCUT2D eigenvalue weighted by molar-refractivity contribution is -0.130. The van der Waals surface area contributed by atoms with Crippen molar-refractivity contribution in [1.29, 1.82) is 0 Å². The lowest BCUT2D eigenvalue weighted by Crippen LogP contribution is -2.43. The Morgan fingerprint density at radius 2 is 2.26 bits per heavy atom. The fourth-order valence-corrected chi connectivity index (χ4v) is 2.94. The quantitative estimate of drug-likeness (QED) is 0.669. The first-order valence-electron chi connectivity index (χ1n) is 6.13. The van der Waals surface area contributed by atoms with E-state index in [2.05, 4.69) is 10.3 Å². The molecule has 1 aromatic heterocycles. The van der Waals surface area contributed by atoms with Crippen LogP contribution in [0, 0.1) is 0 Å². The minimum atomic E-state index is -0.763. The van der Waals surface area contributed by atoms with Crippen LogP contribution in [0.4, 0.5) is 4.79 Å². The van der Waals surface area contributed by atoms with Crippen molar-refractivity contribution in [3.05, 3.63) is 16.1 Å². The Hall–Kier alpha value is -1.14. The first-order chi connectivity index (χ1) is 9.00. The van der Waals surface area contributed by atoms with Gasteiger partial charge in [0, 0.05) is 18.3 Å². The molecule has 1 aromatic rings. The zero-order chi connectivity index (χ0) is 14.0. The lowest BCUT2D eigenvalue weighted by atomic mass is 9.99. The Labute approximate surface area is 121 Å². The Balaban J connectivity index is 2.00. The fourth-order valence-electron chi connectivity index (χ4n) is 1.92. The lowest BCUT2D eigenvalue weighted by Gasteiger charge is -2.19. The van der Waals surface area contributed by atoms with Gasteiger partial charge in [-0.15, -0.1) is 22.9 Å². The molecule has 2 heterocycles. The number of carbonyl (C=O) groups is 2. The van der Waals surface area contributed by atoms with Crippen LogP contribution in [0.3, 0.4) is 0 Å². The van der Waals surface area contributed by atoms with E-state index in [9.17, 15) is 9.59 Å².